The standard InChI is InChI=1S/C19H22N6/c1-2-18-22-8-10-25(18)19-13-21-12-16(23-19)17-6-4-9-24(17)14-15-5-3-7-20-11-15/h3,5,7-8,10-13,17H,2,4,6,9,14H2,1H3/t17-/m1/s1. The van der Waals surface area contributed by atoms with E-state index in [-0.39, 0.29) is 0 Å². The van der Waals surface area contributed by atoms with Crippen molar-refractivity contribution in [3.05, 3.63) is 66.4 Å². The highest BCUT2D eigenvalue weighted by molar-refractivity contribution is 5.24. The molecule has 1 aliphatic heterocycles. The minimum Gasteiger partial charge on any atom is -0.290 e. The van der Waals surface area contributed by atoms with Gasteiger partial charge in [0.05, 0.1) is 24.1 Å². The normalized spacial score (nSPS) is 17.9. The molecule has 1 atom stereocenters. The van der Waals surface area contributed by atoms with Crippen molar-refractivity contribution in [3.8, 4) is 5.82 Å². The zero-order valence-corrected chi connectivity index (χ0v) is 14.4. The van der Waals surface area contributed by atoms with Crippen molar-refractivity contribution in [1.29, 1.82) is 0 Å². The summed E-state index contributed by atoms with van der Waals surface area (Å²) in [4.78, 5) is 20.4. The van der Waals surface area contributed by atoms with Crippen LogP contribution in [0.5, 0.6) is 0 Å². The predicted molar refractivity (Wildman–Crippen MR) is 95.2 cm³/mol. The molecule has 3 aromatic rings. The maximum atomic E-state index is 4.90. The van der Waals surface area contributed by atoms with Crippen LogP contribution in [0.1, 0.15) is 42.9 Å². The summed E-state index contributed by atoms with van der Waals surface area (Å²) in [7, 11) is 0. The van der Waals surface area contributed by atoms with Crippen LogP contribution in [0.2, 0.25) is 0 Å². The van der Waals surface area contributed by atoms with Crippen LogP contribution in [0.4, 0.5) is 0 Å². The molecule has 0 aliphatic carbocycles. The highest BCUT2D eigenvalue weighted by Crippen LogP contribution is 2.32. The molecule has 0 radical (unpaired) electrons. The first-order valence-electron chi connectivity index (χ1n) is 8.82. The first-order chi connectivity index (χ1) is 12.3. The van der Waals surface area contributed by atoms with Gasteiger partial charge in [0, 0.05) is 37.8 Å². The van der Waals surface area contributed by atoms with Crippen molar-refractivity contribution in [2.45, 2.75) is 38.8 Å². The molecule has 6 heteroatoms. The van der Waals surface area contributed by atoms with Gasteiger partial charge >= 0.3 is 0 Å². The average molecular weight is 334 g/mol. The third-order valence-electron chi connectivity index (χ3n) is 4.73. The molecule has 1 saturated heterocycles. The van der Waals surface area contributed by atoms with Crippen molar-refractivity contribution in [2.75, 3.05) is 6.54 Å². The van der Waals surface area contributed by atoms with Crippen molar-refractivity contribution in [2.24, 2.45) is 0 Å². The molecule has 0 bridgehead atoms. The van der Waals surface area contributed by atoms with Gasteiger partial charge in [-0.2, -0.15) is 0 Å². The number of rotatable bonds is 5. The van der Waals surface area contributed by atoms with Crippen LogP contribution in [0, 0.1) is 0 Å². The molecule has 0 unspecified atom stereocenters. The highest BCUT2D eigenvalue weighted by atomic mass is 15.2. The SMILES string of the molecule is CCc1nccn1-c1cncc([C@H]2CCCN2Cc2cccnc2)n1. The molecule has 3 aromatic heterocycles. The van der Waals surface area contributed by atoms with Gasteiger partial charge in [0.1, 0.15) is 5.82 Å². The van der Waals surface area contributed by atoms with E-state index in [9.17, 15) is 0 Å². The van der Waals surface area contributed by atoms with Crippen LogP contribution in [-0.4, -0.2) is 35.9 Å². The number of pyridine rings is 1. The van der Waals surface area contributed by atoms with Crippen molar-refractivity contribution in [3.63, 3.8) is 0 Å². The van der Waals surface area contributed by atoms with Crippen molar-refractivity contribution >= 4 is 0 Å². The van der Waals surface area contributed by atoms with Crippen LogP contribution in [0.15, 0.2) is 49.3 Å². The Labute approximate surface area is 147 Å². The fraction of sp³-hybridized carbons (Fsp3) is 0.368. The fourth-order valence-corrected chi connectivity index (χ4v) is 3.53. The lowest BCUT2D eigenvalue weighted by Crippen LogP contribution is -2.24. The highest BCUT2D eigenvalue weighted by Gasteiger charge is 2.27. The molecule has 4 rings (SSSR count). The fourth-order valence-electron chi connectivity index (χ4n) is 3.53. The molecule has 1 aliphatic rings. The van der Waals surface area contributed by atoms with E-state index in [1.807, 2.05) is 47.8 Å². The molecule has 128 valence electrons. The summed E-state index contributed by atoms with van der Waals surface area (Å²) in [5.74, 6) is 1.85. The number of aromatic nitrogens is 5. The lowest BCUT2D eigenvalue weighted by Gasteiger charge is -2.24. The minimum absolute atomic E-state index is 0.307. The summed E-state index contributed by atoms with van der Waals surface area (Å²) in [5.41, 5.74) is 2.27. The average Bonchev–Trinajstić information content (AvgIpc) is 3.32. The summed E-state index contributed by atoms with van der Waals surface area (Å²) >= 11 is 0. The summed E-state index contributed by atoms with van der Waals surface area (Å²) in [6.07, 6.45) is 14.4. The van der Waals surface area contributed by atoms with Crippen LogP contribution in [0.25, 0.3) is 5.82 Å². The first kappa shape index (κ1) is 15.9. The summed E-state index contributed by atoms with van der Waals surface area (Å²) < 4.78 is 2.02. The smallest absolute Gasteiger partial charge is 0.156 e. The molecule has 25 heavy (non-hydrogen) atoms. The monoisotopic (exact) mass is 334 g/mol. The van der Waals surface area contributed by atoms with Gasteiger partial charge in [0.2, 0.25) is 0 Å². The number of nitrogens with zero attached hydrogens (tertiary/aromatic N) is 6. The largest absolute Gasteiger partial charge is 0.290 e. The topological polar surface area (TPSA) is 59.7 Å². The molecular formula is C19H22N6. The van der Waals surface area contributed by atoms with E-state index in [0.29, 0.717) is 6.04 Å². The number of hydrogen-bond donors (Lipinski definition) is 0. The third kappa shape index (κ3) is 3.30. The molecule has 0 spiro atoms. The van der Waals surface area contributed by atoms with E-state index in [0.717, 1.165) is 43.3 Å². The second-order valence-corrected chi connectivity index (χ2v) is 6.36. The van der Waals surface area contributed by atoms with E-state index < -0.39 is 0 Å². The van der Waals surface area contributed by atoms with Gasteiger partial charge < -0.3 is 0 Å². The predicted octanol–water partition coefficient (Wildman–Crippen LogP) is 2.96. The van der Waals surface area contributed by atoms with Gasteiger partial charge in [-0.25, -0.2) is 9.97 Å². The number of aryl methyl sites for hydroxylation is 1. The van der Waals surface area contributed by atoms with Gasteiger partial charge in [0.25, 0.3) is 0 Å². The number of hydrogen-bond acceptors (Lipinski definition) is 5. The Kier molecular flexibility index (Phi) is 4.52. The Hall–Kier alpha value is -2.60. The molecule has 0 amide bonds. The molecule has 4 heterocycles. The Bertz CT molecular complexity index is 829. The Morgan fingerprint density at radius 1 is 1.16 bits per heavy atom. The van der Waals surface area contributed by atoms with E-state index in [4.69, 9.17) is 4.98 Å². The van der Waals surface area contributed by atoms with Crippen LogP contribution in [-0.2, 0) is 13.0 Å². The Morgan fingerprint density at radius 3 is 2.96 bits per heavy atom. The maximum Gasteiger partial charge on any atom is 0.156 e. The quantitative estimate of drug-likeness (QED) is 0.718. The van der Waals surface area contributed by atoms with Gasteiger partial charge in [-0.3, -0.25) is 19.4 Å². The molecule has 0 N–H and O–H groups in total. The van der Waals surface area contributed by atoms with Gasteiger partial charge in [0.15, 0.2) is 5.82 Å². The van der Waals surface area contributed by atoms with Gasteiger partial charge in [-0.15, -0.1) is 0 Å². The zero-order chi connectivity index (χ0) is 17.1. The summed E-state index contributed by atoms with van der Waals surface area (Å²) in [6.45, 7) is 4.08. The lowest BCUT2D eigenvalue weighted by atomic mass is 10.1. The van der Waals surface area contributed by atoms with E-state index in [1.165, 1.54) is 12.0 Å². The second kappa shape index (κ2) is 7.11. The van der Waals surface area contributed by atoms with E-state index in [1.54, 1.807) is 0 Å². The zero-order valence-electron chi connectivity index (χ0n) is 14.4. The van der Waals surface area contributed by atoms with Crippen molar-refractivity contribution in [1.82, 2.24) is 29.4 Å². The van der Waals surface area contributed by atoms with Gasteiger partial charge in [-0.1, -0.05) is 13.0 Å². The number of imidazole rings is 1. The van der Waals surface area contributed by atoms with Crippen LogP contribution < -0.4 is 0 Å². The van der Waals surface area contributed by atoms with Gasteiger partial charge in [-0.05, 0) is 31.0 Å². The molecule has 6 nitrogen and oxygen atoms in total. The third-order valence-corrected chi connectivity index (χ3v) is 4.73. The Balaban J connectivity index is 1.59. The molecule has 0 saturated carbocycles. The maximum absolute atomic E-state index is 4.90. The first-order valence-corrected chi connectivity index (χ1v) is 8.82. The molecule has 0 aromatic carbocycles. The summed E-state index contributed by atoms with van der Waals surface area (Å²) in [5, 5.41) is 0. The molecule has 1 fully saturated rings. The number of likely N-dealkylation sites (tertiary alicyclic amines) is 1. The lowest BCUT2D eigenvalue weighted by molar-refractivity contribution is 0.243. The van der Waals surface area contributed by atoms with Crippen LogP contribution >= 0.6 is 0 Å². The van der Waals surface area contributed by atoms with Crippen molar-refractivity contribution < 1.29 is 0 Å². The minimum atomic E-state index is 0.307. The Morgan fingerprint density at radius 2 is 2.12 bits per heavy atom. The second-order valence-electron chi connectivity index (χ2n) is 6.36. The summed E-state index contributed by atoms with van der Waals surface area (Å²) in [6, 6.07) is 4.43. The van der Waals surface area contributed by atoms with E-state index in [2.05, 4.69) is 32.8 Å². The van der Waals surface area contributed by atoms with Crippen LogP contribution in [0.3, 0.4) is 0 Å². The molecular weight excluding hydrogens is 312 g/mol. The van der Waals surface area contributed by atoms with E-state index >= 15 is 0 Å².